The van der Waals surface area contributed by atoms with E-state index in [2.05, 4.69) is 19.9 Å². The number of hydrogen-bond donors (Lipinski definition) is 0. The van der Waals surface area contributed by atoms with Gasteiger partial charge in [-0.25, -0.2) is 28.4 Å². The number of anilines is 1. The van der Waals surface area contributed by atoms with Crippen molar-refractivity contribution in [1.82, 2.24) is 19.9 Å². The summed E-state index contributed by atoms with van der Waals surface area (Å²) in [4.78, 5) is 32.0. The summed E-state index contributed by atoms with van der Waals surface area (Å²) in [6, 6.07) is 11.2. The highest BCUT2D eigenvalue weighted by Crippen LogP contribution is 2.29. The van der Waals surface area contributed by atoms with E-state index in [-0.39, 0.29) is 25.9 Å². The molecule has 1 saturated heterocycles. The molecule has 0 aliphatic carbocycles. The van der Waals surface area contributed by atoms with Crippen LogP contribution in [-0.4, -0.2) is 53.3 Å². The summed E-state index contributed by atoms with van der Waals surface area (Å²) in [6.45, 7) is 0.558. The van der Waals surface area contributed by atoms with Crippen LogP contribution in [0, 0.1) is 0 Å². The van der Waals surface area contributed by atoms with Crippen LogP contribution < -0.4 is 4.90 Å². The van der Waals surface area contributed by atoms with Gasteiger partial charge >= 0.3 is 0 Å². The standard InChI is InChI=1S/C13H13N3O3S2.C9H7ClN2S2.2CH4/c1-21(18,19)13-14-9(10-4-3-7-20-10)8-11(15-13)16-6-2-5-12(16)17;1-13-9-11-6(5-8(10)12-9)7-3-2-4-14-7;;/h3-4,7-8H,2,5-6H2,1H3;2-5H,1H3;2*1H4. The van der Waals surface area contributed by atoms with Gasteiger partial charge in [0.15, 0.2) is 5.16 Å². The molecule has 0 atom stereocenters. The van der Waals surface area contributed by atoms with E-state index in [1.807, 2.05) is 41.3 Å². The van der Waals surface area contributed by atoms with E-state index >= 15 is 0 Å². The van der Waals surface area contributed by atoms with Crippen LogP contribution in [0.3, 0.4) is 0 Å². The zero-order valence-electron chi connectivity index (χ0n) is 18.7. The highest BCUT2D eigenvalue weighted by atomic mass is 35.5. The number of thioether (sulfide) groups is 1. The largest absolute Gasteiger partial charge is 0.297 e. The van der Waals surface area contributed by atoms with E-state index in [1.54, 1.807) is 23.5 Å². The normalized spacial score (nSPS) is 12.8. The van der Waals surface area contributed by atoms with Crippen LogP contribution >= 0.6 is 46.0 Å². The average Bonchev–Trinajstić information content (AvgIpc) is 3.61. The van der Waals surface area contributed by atoms with Crippen molar-refractivity contribution in [3.05, 3.63) is 52.3 Å². The van der Waals surface area contributed by atoms with Crippen LogP contribution in [0.5, 0.6) is 0 Å². The molecule has 1 aliphatic heterocycles. The molecule has 0 N–H and O–H groups in total. The average molecular weight is 598 g/mol. The van der Waals surface area contributed by atoms with Crippen molar-refractivity contribution in [1.29, 1.82) is 0 Å². The maximum absolute atomic E-state index is 11.9. The van der Waals surface area contributed by atoms with Crippen molar-refractivity contribution in [3.8, 4) is 21.1 Å². The number of carbonyl (C=O) groups excluding carboxylic acids is 1. The molecule has 0 bridgehead atoms. The summed E-state index contributed by atoms with van der Waals surface area (Å²) in [5.41, 5.74) is 1.42. The molecule has 1 amide bonds. The summed E-state index contributed by atoms with van der Waals surface area (Å²) >= 11 is 10.5. The SMILES string of the molecule is C.C.CS(=O)(=O)c1nc(-c2cccs2)cc(N2CCCC2=O)n1.CSc1nc(Cl)cc(-c2cccs2)n1. The summed E-state index contributed by atoms with van der Waals surface area (Å²) < 4.78 is 23.6. The lowest BCUT2D eigenvalue weighted by atomic mass is 10.3. The summed E-state index contributed by atoms with van der Waals surface area (Å²) in [5, 5.41) is 4.86. The molecule has 0 aromatic carbocycles. The fourth-order valence-electron chi connectivity index (χ4n) is 3.20. The molecule has 5 rings (SSSR count). The Labute approximate surface area is 235 Å². The summed E-state index contributed by atoms with van der Waals surface area (Å²) in [6.07, 6.45) is 4.22. The highest BCUT2D eigenvalue weighted by molar-refractivity contribution is 7.98. The summed E-state index contributed by atoms with van der Waals surface area (Å²) in [7, 11) is -3.54. The predicted octanol–water partition coefficient (Wildman–Crippen LogP) is 6.59. The Kier molecular flexibility index (Phi) is 11.2. The van der Waals surface area contributed by atoms with E-state index in [0.29, 0.717) is 34.8 Å². The Balaban J connectivity index is 0.000000265. The third-order valence-corrected chi connectivity index (χ3v) is 8.15. The van der Waals surface area contributed by atoms with Gasteiger partial charge in [0.1, 0.15) is 11.0 Å². The monoisotopic (exact) mass is 597 g/mol. The number of thiophene rings is 2. The van der Waals surface area contributed by atoms with Gasteiger partial charge in [0, 0.05) is 31.4 Å². The lowest BCUT2D eigenvalue weighted by Gasteiger charge is -2.15. The molecule has 0 unspecified atom stereocenters. The van der Waals surface area contributed by atoms with E-state index in [0.717, 1.165) is 28.1 Å². The molecule has 0 spiro atoms. The first-order valence-corrected chi connectivity index (χ1v) is 15.6. The molecule has 0 radical (unpaired) electrons. The minimum atomic E-state index is -3.54. The first kappa shape index (κ1) is 30.8. The van der Waals surface area contributed by atoms with Gasteiger partial charge in [-0.15, -0.1) is 22.7 Å². The molecular weight excluding hydrogens is 570 g/mol. The van der Waals surface area contributed by atoms with Crippen LogP contribution in [-0.2, 0) is 14.6 Å². The number of nitrogens with zero attached hydrogens (tertiary/aromatic N) is 5. The van der Waals surface area contributed by atoms with Crippen molar-refractivity contribution in [3.63, 3.8) is 0 Å². The molecule has 4 aromatic rings. The molecule has 198 valence electrons. The van der Waals surface area contributed by atoms with E-state index in [1.165, 1.54) is 28.0 Å². The minimum Gasteiger partial charge on any atom is -0.297 e. The lowest BCUT2D eigenvalue weighted by molar-refractivity contribution is -0.117. The number of sulfone groups is 1. The first-order chi connectivity index (χ1) is 16.7. The molecule has 1 fully saturated rings. The third kappa shape index (κ3) is 7.81. The molecule has 4 aromatic heterocycles. The molecule has 0 saturated carbocycles. The van der Waals surface area contributed by atoms with Crippen molar-refractivity contribution >= 4 is 67.6 Å². The third-order valence-electron chi connectivity index (χ3n) is 4.78. The maximum Gasteiger partial charge on any atom is 0.249 e. The molecule has 5 heterocycles. The maximum atomic E-state index is 11.9. The minimum absolute atomic E-state index is 0. The predicted molar refractivity (Wildman–Crippen MR) is 156 cm³/mol. The van der Waals surface area contributed by atoms with Gasteiger partial charge in [-0.2, -0.15) is 0 Å². The van der Waals surface area contributed by atoms with Gasteiger partial charge in [0.05, 0.1) is 21.1 Å². The number of aromatic nitrogens is 4. The van der Waals surface area contributed by atoms with Crippen LogP contribution in [0.25, 0.3) is 21.1 Å². The molecule has 1 aliphatic rings. The topological polar surface area (TPSA) is 106 Å². The lowest BCUT2D eigenvalue weighted by Crippen LogP contribution is -2.25. The highest BCUT2D eigenvalue weighted by Gasteiger charge is 2.25. The van der Waals surface area contributed by atoms with E-state index in [9.17, 15) is 13.2 Å². The molecule has 37 heavy (non-hydrogen) atoms. The quantitative estimate of drug-likeness (QED) is 0.144. The fraction of sp³-hybridized carbons (Fsp3) is 0.292. The van der Waals surface area contributed by atoms with Gasteiger partial charge in [-0.1, -0.05) is 50.3 Å². The van der Waals surface area contributed by atoms with Crippen molar-refractivity contribution < 1.29 is 13.2 Å². The van der Waals surface area contributed by atoms with Crippen molar-refractivity contribution in [2.75, 3.05) is 24.0 Å². The van der Waals surface area contributed by atoms with Gasteiger partial charge in [-0.3, -0.25) is 9.69 Å². The van der Waals surface area contributed by atoms with Gasteiger partial charge in [-0.05, 0) is 35.6 Å². The van der Waals surface area contributed by atoms with Gasteiger partial charge < -0.3 is 0 Å². The van der Waals surface area contributed by atoms with Gasteiger partial charge in [0.25, 0.3) is 0 Å². The molecular formula is C24H28ClN5O3S4. The Morgan fingerprint density at radius 2 is 1.59 bits per heavy atom. The number of rotatable bonds is 5. The second kappa shape index (κ2) is 13.4. The smallest absolute Gasteiger partial charge is 0.249 e. The Hall–Kier alpha value is -2.38. The second-order valence-electron chi connectivity index (χ2n) is 7.33. The van der Waals surface area contributed by atoms with Crippen LogP contribution in [0.15, 0.2) is 57.5 Å². The van der Waals surface area contributed by atoms with Crippen molar-refractivity contribution in [2.24, 2.45) is 0 Å². The fourth-order valence-corrected chi connectivity index (χ4v) is 5.71. The Morgan fingerprint density at radius 3 is 2.08 bits per heavy atom. The zero-order valence-corrected chi connectivity index (χ0v) is 22.7. The zero-order chi connectivity index (χ0) is 25.0. The van der Waals surface area contributed by atoms with Crippen molar-refractivity contribution in [2.45, 2.75) is 38.0 Å². The van der Waals surface area contributed by atoms with Crippen LogP contribution in [0.1, 0.15) is 27.7 Å². The first-order valence-electron chi connectivity index (χ1n) is 10.3. The number of hydrogen-bond acceptors (Lipinski definition) is 10. The van der Waals surface area contributed by atoms with Crippen LogP contribution in [0.4, 0.5) is 5.82 Å². The number of amides is 1. The van der Waals surface area contributed by atoms with Crippen LogP contribution in [0.2, 0.25) is 5.15 Å². The number of halogens is 1. The second-order valence-corrected chi connectivity index (χ2v) is 12.3. The van der Waals surface area contributed by atoms with Gasteiger partial charge in [0.2, 0.25) is 20.9 Å². The van der Waals surface area contributed by atoms with E-state index in [4.69, 9.17) is 11.6 Å². The molecule has 8 nitrogen and oxygen atoms in total. The molecule has 13 heteroatoms. The Bertz CT molecular complexity index is 1430. The van der Waals surface area contributed by atoms with E-state index < -0.39 is 9.84 Å². The Morgan fingerprint density at radius 1 is 0.973 bits per heavy atom. The summed E-state index contributed by atoms with van der Waals surface area (Å²) in [5.74, 6) is 0.321. The number of carbonyl (C=O) groups is 1.